The molecule has 0 saturated carbocycles. The number of halogens is 2. The quantitative estimate of drug-likeness (QED) is 0.809. The molecule has 1 aromatic rings. The molecule has 0 bridgehead atoms. The third-order valence-electron chi connectivity index (χ3n) is 3.79. The molecular formula is C14H18F2N2O4S2. The maximum atomic E-state index is 13.8. The van der Waals surface area contributed by atoms with Crippen molar-refractivity contribution in [2.75, 3.05) is 19.6 Å². The van der Waals surface area contributed by atoms with Gasteiger partial charge in [-0.3, -0.25) is 0 Å². The number of nitrogens with one attached hydrogen (secondary N) is 1. The largest absolute Gasteiger partial charge is 0.245 e. The summed E-state index contributed by atoms with van der Waals surface area (Å²) in [7, 11) is -7.70. The van der Waals surface area contributed by atoms with Gasteiger partial charge in [0.05, 0.1) is 0 Å². The van der Waals surface area contributed by atoms with Crippen molar-refractivity contribution in [3.8, 4) is 0 Å². The van der Waals surface area contributed by atoms with Crippen molar-refractivity contribution in [2.45, 2.75) is 17.7 Å². The second kappa shape index (κ2) is 7.26. The maximum absolute atomic E-state index is 13.8. The molecule has 1 N–H and O–H groups in total. The van der Waals surface area contributed by atoms with Crippen molar-refractivity contribution in [2.24, 2.45) is 5.92 Å². The number of piperidine rings is 1. The molecule has 0 aromatic heterocycles. The van der Waals surface area contributed by atoms with Gasteiger partial charge in [-0.15, -0.1) is 0 Å². The molecule has 1 aromatic carbocycles. The Morgan fingerprint density at radius 2 is 2.00 bits per heavy atom. The number of benzene rings is 1. The normalized spacial score (nSPS) is 20.0. The lowest BCUT2D eigenvalue weighted by Gasteiger charge is -2.32. The first-order chi connectivity index (χ1) is 11.2. The Hall–Kier alpha value is -1.36. The van der Waals surface area contributed by atoms with Crippen LogP contribution in [-0.4, -0.2) is 40.8 Å². The second-order valence-electron chi connectivity index (χ2n) is 5.51. The lowest BCUT2D eigenvalue weighted by Crippen LogP contribution is -2.43. The monoisotopic (exact) mass is 380 g/mol. The predicted octanol–water partition coefficient (Wildman–Crippen LogP) is 1.43. The van der Waals surface area contributed by atoms with E-state index < -0.39 is 36.6 Å². The minimum Gasteiger partial charge on any atom is -0.211 e. The Bertz CT molecular complexity index is 825. The summed E-state index contributed by atoms with van der Waals surface area (Å²) >= 11 is 0. The molecule has 134 valence electrons. The van der Waals surface area contributed by atoms with Gasteiger partial charge in [-0.05, 0) is 30.9 Å². The zero-order chi connectivity index (χ0) is 18.0. The highest BCUT2D eigenvalue weighted by Gasteiger charge is 2.32. The lowest BCUT2D eigenvalue weighted by atomic mass is 10.0. The molecule has 1 fully saturated rings. The number of hydrogen-bond donors (Lipinski definition) is 1. The van der Waals surface area contributed by atoms with E-state index in [1.165, 1.54) is 0 Å². The minimum atomic E-state index is -4.11. The molecule has 0 spiro atoms. The smallest absolute Gasteiger partial charge is 0.211 e. The van der Waals surface area contributed by atoms with Crippen LogP contribution in [0, 0.1) is 17.6 Å². The fraction of sp³-hybridized carbons (Fsp3) is 0.429. The van der Waals surface area contributed by atoms with Crippen molar-refractivity contribution in [1.29, 1.82) is 0 Å². The topological polar surface area (TPSA) is 83.6 Å². The zero-order valence-corrected chi connectivity index (χ0v) is 14.4. The molecule has 0 aliphatic carbocycles. The summed E-state index contributed by atoms with van der Waals surface area (Å²) in [6, 6.07) is 2.30. The van der Waals surface area contributed by atoms with Crippen LogP contribution in [0.25, 0.3) is 0 Å². The van der Waals surface area contributed by atoms with E-state index in [9.17, 15) is 25.6 Å². The van der Waals surface area contributed by atoms with Gasteiger partial charge in [0.15, 0.2) is 0 Å². The summed E-state index contributed by atoms with van der Waals surface area (Å²) < 4.78 is 78.0. The van der Waals surface area contributed by atoms with Crippen molar-refractivity contribution >= 4 is 20.0 Å². The Morgan fingerprint density at radius 3 is 2.62 bits per heavy atom. The molecule has 1 unspecified atom stereocenters. The standard InChI is InChI=1S/C14H18F2N2O4S2/c1-2-23(19,20)17-9-11-4-3-7-18(10-11)24(21,22)14-6-5-12(15)8-13(14)16/h2,5-6,8,11,17H,1,3-4,7,9-10H2. The minimum absolute atomic E-state index is 0.0544. The van der Waals surface area contributed by atoms with E-state index in [1.54, 1.807) is 0 Å². The molecule has 0 radical (unpaired) electrons. The molecule has 6 nitrogen and oxygen atoms in total. The van der Waals surface area contributed by atoms with Crippen LogP contribution in [0.1, 0.15) is 12.8 Å². The van der Waals surface area contributed by atoms with Gasteiger partial charge in [0.2, 0.25) is 20.0 Å². The first-order valence-corrected chi connectivity index (χ1v) is 10.2. The van der Waals surface area contributed by atoms with E-state index in [0.29, 0.717) is 18.9 Å². The first-order valence-electron chi connectivity index (χ1n) is 7.23. The highest BCUT2D eigenvalue weighted by atomic mass is 32.2. The zero-order valence-electron chi connectivity index (χ0n) is 12.8. The fourth-order valence-electron chi connectivity index (χ4n) is 2.53. The first kappa shape index (κ1) is 19.0. The van der Waals surface area contributed by atoms with Gasteiger partial charge in [-0.1, -0.05) is 6.58 Å². The van der Waals surface area contributed by atoms with Gasteiger partial charge < -0.3 is 0 Å². The van der Waals surface area contributed by atoms with Crippen LogP contribution in [0.2, 0.25) is 0 Å². The Morgan fingerprint density at radius 1 is 1.29 bits per heavy atom. The Labute approximate surface area is 140 Å². The van der Waals surface area contributed by atoms with Crippen LogP contribution in [-0.2, 0) is 20.0 Å². The number of rotatable bonds is 6. The molecule has 24 heavy (non-hydrogen) atoms. The van der Waals surface area contributed by atoms with Gasteiger partial charge in [-0.25, -0.2) is 30.3 Å². The van der Waals surface area contributed by atoms with Gasteiger partial charge >= 0.3 is 0 Å². The van der Waals surface area contributed by atoms with E-state index in [1.807, 2.05) is 0 Å². The van der Waals surface area contributed by atoms with E-state index >= 15 is 0 Å². The average Bonchev–Trinajstić information content (AvgIpc) is 2.53. The number of nitrogens with zero attached hydrogens (tertiary/aromatic N) is 1. The van der Waals surface area contributed by atoms with E-state index in [2.05, 4.69) is 11.3 Å². The summed E-state index contributed by atoms with van der Waals surface area (Å²) in [6.45, 7) is 3.49. The number of sulfonamides is 2. The SMILES string of the molecule is C=CS(=O)(=O)NCC1CCCN(S(=O)(=O)c2ccc(F)cc2F)C1. The van der Waals surface area contributed by atoms with E-state index in [0.717, 1.165) is 21.8 Å². The molecule has 1 aliphatic heterocycles. The molecule has 0 amide bonds. The molecule has 1 saturated heterocycles. The maximum Gasteiger partial charge on any atom is 0.245 e. The van der Waals surface area contributed by atoms with Crippen LogP contribution < -0.4 is 4.72 Å². The summed E-state index contributed by atoms with van der Waals surface area (Å²) in [6.07, 6.45) is 1.15. The van der Waals surface area contributed by atoms with Crippen LogP contribution >= 0.6 is 0 Å². The van der Waals surface area contributed by atoms with Gasteiger partial charge in [0, 0.05) is 31.1 Å². The molecule has 1 atom stereocenters. The van der Waals surface area contributed by atoms with Crippen LogP contribution in [0.4, 0.5) is 8.78 Å². The molecule has 2 rings (SSSR count). The highest BCUT2D eigenvalue weighted by molar-refractivity contribution is 7.92. The van der Waals surface area contributed by atoms with Crippen molar-refractivity contribution < 1.29 is 25.6 Å². The molecule has 1 heterocycles. The van der Waals surface area contributed by atoms with Gasteiger partial charge in [0.1, 0.15) is 16.5 Å². The third kappa shape index (κ3) is 4.38. The van der Waals surface area contributed by atoms with Crippen molar-refractivity contribution in [3.63, 3.8) is 0 Å². The Balaban J connectivity index is 2.14. The summed E-state index contributed by atoms with van der Waals surface area (Å²) in [5.41, 5.74) is 0. The molecular weight excluding hydrogens is 362 g/mol. The average molecular weight is 380 g/mol. The second-order valence-corrected chi connectivity index (χ2v) is 9.12. The van der Waals surface area contributed by atoms with Crippen molar-refractivity contribution in [1.82, 2.24) is 9.03 Å². The summed E-state index contributed by atoms with van der Waals surface area (Å²) in [5.74, 6) is -2.25. The third-order valence-corrected chi connectivity index (χ3v) is 6.69. The van der Waals surface area contributed by atoms with Crippen LogP contribution in [0.5, 0.6) is 0 Å². The Kier molecular flexibility index (Phi) is 5.74. The van der Waals surface area contributed by atoms with Gasteiger partial charge in [0.25, 0.3) is 0 Å². The highest BCUT2D eigenvalue weighted by Crippen LogP contribution is 2.25. The summed E-state index contributed by atoms with van der Waals surface area (Å²) in [5, 5.41) is 0.776. The van der Waals surface area contributed by atoms with Gasteiger partial charge in [-0.2, -0.15) is 4.31 Å². The van der Waals surface area contributed by atoms with Crippen LogP contribution in [0.3, 0.4) is 0 Å². The predicted molar refractivity (Wildman–Crippen MR) is 85.0 cm³/mol. The fourth-order valence-corrected chi connectivity index (χ4v) is 4.71. The summed E-state index contributed by atoms with van der Waals surface area (Å²) in [4.78, 5) is -0.587. The number of hydrogen-bond acceptors (Lipinski definition) is 4. The molecule has 10 heteroatoms. The van der Waals surface area contributed by atoms with E-state index in [-0.39, 0.29) is 25.6 Å². The molecule has 1 aliphatic rings. The van der Waals surface area contributed by atoms with Crippen molar-refractivity contribution in [3.05, 3.63) is 41.8 Å². The van der Waals surface area contributed by atoms with E-state index in [4.69, 9.17) is 0 Å². The van der Waals surface area contributed by atoms with Crippen LogP contribution in [0.15, 0.2) is 35.1 Å². The lowest BCUT2D eigenvalue weighted by molar-refractivity contribution is 0.266.